The first-order valence-corrected chi connectivity index (χ1v) is 12.2. The smallest absolute Gasteiger partial charge is 0.309 e. The number of likely N-dealkylation sites (tertiary alicyclic amines) is 2. The molecule has 0 saturated carbocycles. The largest absolute Gasteiger partial charge is 0.497 e. The lowest BCUT2D eigenvalue weighted by Crippen LogP contribution is -2.47. The van der Waals surface area contributed by atoms with E-state index >= 15 is 0 Å². The fourth-order valence-electron chi connectivity index (χ4n) is 4.67. The molecular formula is C25H41IN4O3. The highest BCUT2D eigenvalue weighted by Gasteiger charge is 2.28. The minimum Gasteiger partial charge on any atom is -0.497 e. The Balaban J connectivity index is 0.00000385. The molecule has 0 radical (unpaired) electrons. The van der Waals surface area contributed by atoms with Crippen LogP contribution in [0.1, 0.15) is 57.6 Å². The molecule has 0 aliphatic carbocycles. The van der Waals surface area contributed by atoms with Gasteiger partial charge in [0.2, 0.25) is 0 Å². The number of benzene rings is 1. The van der Waals surface area contributed by atoms with Crippen LogP contribution in [0.5, 0.6) is 5.75 Å². The number of nitrogens with one attached hydrogen (secondary N) is 1. The predicted octanol–water partition coefficient (Wildman–Crippen LogP) is 4.08. The highest BCUT2D eigenvalue weighted by atomic mass is 127. The van der Waals surface area contributed by atoms with Gasteiger partial charge in [-0.15, -0.1) is 24.0 Å². The van der Waals surface area contributed by atoms with E-state index in [0.717, 1.165) is 57.3 Å². The van der Waals surface area contributed by atoms with Crippen molar-refractivity contribution in [1.82, 2.24) is 15.1 Å². The average molecular weight is 573 g/mol. The first-order valence-electron chi connectivity index (χ1n) is 12.2. The summed E-state index contributed by atoms with van der Waals surface area (Å²) in [6.07, 6.45) is 5.44. The monoisotopic (exact) mass is 572 g/mol. The molecule has 0 amide bonds. The van der Waals surface area contributed by atoms with Crippen LogP contribution in [0.4, 0.5) is 0 Å². The highest BCUT2D eigenvalue weighted by Crippen LogP contribution is 2.27. The molecule has 1 atom stereocenters. The number of carbonyl (C=O) groups is 1. The van der Waals surface area contributed by atoms with Gasteiger partial charge >= 0.3 is 5.97 Å². The number of hydrogen-bond donors (Lipinski definition) is 1. The zero-order chi connectivity index (χ0) is 22.8. The van der Waals surface area contributed by atoms with Crippen molar-refractivity contribution in [2.75, 3.05) is 53.0 Å². The molecule has 1 N–H and O–H groups in total. The van der Waals surface area contributed by atoms with Gasteiger partial charge in [0, 0.05) is 19.6 Å². The molecule has 0 spiro atoms. The second kappa shape index (κ2) is 14.7. The van der Waals surface area contributed by atoms with Crippen LogP contribution in [-0.4, -0.2) is 74.7 Å². The summed E-state index contributed by atoms with van der Waals surface area (Å²) in [6, 6.07) is 8.69. The lowest BCUT2D eigenvalue weighted by atomic mass is 9.97. The van der Waals surface area contributed by atoms with Crippen LogP contribution in [0.15, 0.2) is 29.3 Å². The molecule has 2 aliphatic heterocycles. The van der Waals surface area contributed by atoms with Gasteiger partial charge < -0.3 is 19.7 Å². The molecule has 33 heavy (non-hydrogen) atoms. The third kappa shape index (κ3) is 8.02. The summed E-state index contributed by atoms with van der Waals surface area (Å²) in [5, 5.41) is 3.47. The molecule has 1 aromatic rings. The lowest BCUT2D eigenvalue weighted by Gasteiger charge is -2.36. The van der Waals surface area contributed by atoms with Crippen LogP contribution >= 0.6 is 24.0 Å². The van der Waals surface area contributed by atoms with Crippen molar-refractivity contribution in [3.63, 3.8) is 0 Å². The number of aliphatic imine (C=N–C) groups is 1. The number of hydrogen-bond acceptors (Lipinski definition) is 5. The van der Waals surface area contributed by atoms with Gasteiger partial charge in [0.1, 0.15) is 5.75 Å². The van der Waals surface area contributed by atoms with Crippen molar-refractivity contribution in [3.05, 3.63) is 29.8 Å². The van der Waals surface area contributed by atoms with Crippen LogP contribution < -0.4 is 10.1 Å². The fourth-order valence-corrected chi connectivity index (χ4v) is 4.67. The average Bonchev–Trinajstić information content (AvgIpc) is 2.85. The summed E-state index contributed by atoms with van der Waals surface area (Å²) < 4.78 is 10.6. The Morgan fingerprint density at radius 3 is 2.33 bits per heavy atom. The van der Waals surface area contributed by atoms with Crippen molar-refractivity contribution in [3.8, 4) is 5.75 Å². The Labute approximate surface area is 216 Å². The number of methoxy groups -OCH3 is 1. The third-order valence-electron chi connectivity index (χ3n) is 6.50. The van der Waals surface area contributed by atoms with Gasteiger partial charge in [0.05, 0.1) is 32.2 Å². The molecule has 3 rings (SSSR count). The Morgan fingerprint density at radius 1 is 1.09 bits per heavy atom. The van der Waals surface area contributed by atoms with Crippen LogP contribution in [-0.2, 0) is 9.53 Å². The van der Waals surface area contributed by atoms with Crippen LogP contribution in [0.3, 0.4) is 0 Å². The molecular weight excluding hydrogens is 531 g/mol. The molecule has 0 bridgehead atoms. The second-order valence-corrected chi connectivity index (χ2v) is 8.59. The number of esters is 1. The van der Waals surface area contributed by atoms with E-state index in [1.54, 1.807) is 7.11 Å². The van der Waals surface area contributed by atoms with Gasteiger partial charge in [-0.2, -0.15) is 0 Å². The van der Waals surface area contributed by atoms with E-state index in [2.05, 4.69) is 34.2 Å². The summed E-state index contributed by atoms with van der Waals surface area (Å²) in [7, 11) is 1.70. The van der Waals surface area contributed by atoms with Crippen LogP contribution in [0, 0.1) is 5.92 Å². The highest BCUT2D eigenvalue weighted by molar-refractivity contribution is 14.0. The Morgan fingerprint density at radius 2 is 1.76 bits per heavy atom. The standard InChI is InChI=1S/C25H40N4O3.HI/c1-4-26-25(29-17-13-21(14-18-29)24(30)32-5-2)27-19-23(28-15-7-6-8-16-28)20-9-11-22(31-3)12-10-20;/h9-12,21,23H,4-8,13-19H2,1-3H3,(H,26,27);1H. The number of ether oxygens (including phenoxy) is 2. The van der Waals surface area contributed by atoms with Crippen LogP contribution in [0.2, 0.25) is 0 Å². The zero-order valence-electron chi connectivity index (χ0n) is 20.4. The van der Waals surface area contributed by atoms with E-state index in [1.165, 1.54) is 24.8 Å². The maximum Gasteiger partial charge on any atom is 0.309 e. The second-order valence-electron chi connectivity index (χ2n) is 8.59. The Hall–Kier alpha value is -1.55. The molecule has 1 aromatic carbocycles. The summed E-state index contributed by atoms with van der Waals surface area (Å²) in [5.41, 5.74) is 1.29. The number of halogens is 1. The minimum atomic E-state index is -0.0567. The fraction of sp³-hybridized carbons (Fsp3) is 0.680. The summed E-state index contributed by atoms with van der Waals surface area (Å²) in [4.78, 5) is 22.0. The summed E-state index contributed by atoms with van der Waals surface area (Å²) in [5.74, 6) is 1.78. The van der Waals surface area contributed by atoms with E-state index < -0.39 is 0 Å². The molecule has 1 unspecified atom stereocenters. The van der Waals surface area contributed by atoms with E-state index in [4.69, 9.17) is 14.5 Å². The van der Waals surface area contributed by atoms with Crippen molar-refractivity contribution in [1.29, 1.82) is 0 Å². The number of nitrogens with zero attached hydrogens (tertiary/aromatic N) is 3. The van der Waals surface area contributed by atoms with Crippen molar-refractivity contribution >= 4 is 35.9 Å². The number of piperidine rings is 2. The van der Waals surface area contributed by atoms with E-state index in [1.807, 2.05) is 19.1 Å². The number of rotatable bonds is 8. The van der Waals surface area contributed by atoms with E-state index in [0.29, 0.717) is 13.2 Å². The summed E-state index contributed by atoms with van der Waals surface area (Å²) in [6.45, 7) is 9.85. The molecule has 8 heteroatoms. The maximum absolute atomic E-state index is 12.1. The van der Waals surface area contributed by atoms with Gasteiger partial charge in [-0.3, -0.25) is 14.7 Å². The molecule has 2 fully saturated rings. The van der Waals surface area contributed by atoms with Gasteiger partial charge in [0.15, 0.2) is 5.96 Å². The normalized spacial score (nSPS) is 18.9. The molecule has 2 heterocycles. The number of carbonyl (C=O) groups excluding carboxylic acids is 1. The summed E-state index contributed by atoms with van der Waals surface area (Å²) >= 11 is 0. The Bertz CT molecular complexity index is 730. The predicted molar refractivity (Wildman–Crippen MR) is 143 cm³/mol. The molecule has 2 saturated heterocycles. The third-order valence-corrected chi connectivity index (χ3v) is 6.50. The first kappa shape index (κ1) is 27.7. The van der Waals surface area contributed by atoms with Gasteiger partial charge in [0.25, 0.3) is 0 Å². The number of guanidine groups is 1. The SMILES string of the molecule is CCNC(=NCC(c1ccc(OC)cc1)N1CCCCC1)N1CCC(C(=O)OCC)CC1.I. The minimum absolute atomic E-state index is 0. The van der Waals surface area contributed by atoms with Gasteiger partial charge in [-0.1, -0.05) is 18.6 Å². The zero-order valence-corrected chi connectivity index (χ0v) is 22.8. The van der Waals surface area contributed by atoms with Crippen molar-refractivity contribution < 1.29 is 14.3 Å². The van der Waals surface area contributed by atoms with Crippen LogP contribution in [0.25, 0.3) is 0 Å². The van der Waals surface area contributed by atoms with E-state index in [9.17, 15) is 4.79 Å². The van der Waals surface area contributed by atoms with Crippen molar-refractivity contribution in [2.24, 2.45) is 10.9 Å². The molecule has 0 aromatic heterocycles. The Kier molecular flexibility index (Phi) is 12.3. The van der Waals surface area contributed by atoms with Crippen molar-refractivity contribution in [2.45, 2.75) is 52.0 Å². The molecule has 2 aliphatic rings. The molecule has 186 valence electrons. The lowest BCUT2D eigenvalue weighted by molar-refractivity contribution is -0.149. The van der Waals surface area contributed by atoms with Gasteiger partial charge in [-0.05, 0) is 70.3 Å². The molecule has 7 nitrogen and oxygen atoms in total. The maximum atomic E-state index is 12.1. The first-order chi connectivity index (χ1) is 15.7. The van der Waals surface area contributed by atoms with Gasteiger partial charge in [-0.25, -0.2) is 0 Å². The quantitative estimate of drug-likeness (QED) is 0.219. The topological polar surface area (TPSA) is 66.4 Å². The van der Waals surface area contributed by atoms with E-state index in [-0.39, 0.29) is 41.9 Å².